The quantitative estimate of drug-likeness (QED) is 0.330. The second-order valence-electron chi connectivity index (χ2n) is 4.04. The maximum absolute atomic E-state index is 11.9. The van der Waals surface area contributed by atoms with Gasteiger partial charge in [-0.15, -0.1) is 0 Å². The molecule has 0 aliphatic carbocycles. The number of rotatable bonds is 8. The van der Waals surface area contributed by atoms with Crippen LogP contribution in [-0.2, 0) is 14.8 Å². The zero-order valence-electron chi connectivity index (χ0n) is 11.1. The fourth-order valence-corrected chi connectivity index (χ4v) is 2.47. The number of sulfonamides is 1. The van der Waals surface area contributed by atoms with Crippen LogP contribution in [0.15, 0.2) is 29.2 Å². The number of non-ortho nitro benzene ring substituents is 1. The highest BCUT2D eigenvalue weighted by Gasteiger charge is 2.15. The molecule has 0 aliphatic rings. The number of nitrogens with zero attached hydrogens (tertiary/aromatic N) is 1. The summed E-state index contributed by atoms with van der Waals surface area (Å²) < 4.78 is 26.0. The molecule has 1 aromatic carbocycles. The maximum atomic E-state index is 11.9. The van der Waals surface area contributed by atoms with Crippen LogP contribution < -0.4 is 15.8 Å². The highest BCUT2D eigenvalue weighted by atomic mass is 32.2. The summed E-state index contributed by atoms with van der Waals surface area (Å²) in [5, 5.41) is 13.0. The number of nitrogens with two attached hydrogens (primary N) is 1. The Balaban J connectivity index is 2.53. The van der Waals surface area contributed by atoms with Crippen LogP contribution in [0.1, 0.15) is 6.42 Å². The minimum atomic E-state index is -3.76. The van der Waals surface area contributed by atoms with E-state index in [0.717, 1.165) is 24.3 Å². The molecule has 0 unspecified atom stereocenters. The van der Waals surface area contributed by atoms with Gasteiger partial charge in [-0.05, 0) is 12.1 Å². The van der Waals surface area contributed by atoms with Crippen molar-refractivity contribution in [1.82, 2.24) is 10.0 Å². The monoisotopic (exact) mass is 316 g/mol. The van der Waals surface area contributed by atoms with Gasteiger partial charge < -0.3 is 11.1 Å². The third kappa shape index (κ3) is 5.45. The van der Waals surface area contributed by atoms with Gasteiger partial charge in [-0.25, -0.2) is 13.1 Å². The zero-order valence-corrected chi connectivity index (χ0v) is 11.9. The summed E-state index contributed by atoms with van der Waals surface area (Å²) in [6.45, 7) is 0.362. The molecular weight excluding hydrogens is 300 g/mol. The van der Waals surface area contributed by atoms with Crippen molar-refractivity contribution >= 4 is 21.6 Å². The van der Waals surface area contributed by atoms with Crippen molar-refractivity contribution in [3.8, 4) is 0 Å². The van der Waals surface area contributed by atoms with Crippen LogP contribution in [0.3, 0.4) is 0 Å². The van der Waals surface area contributed by atoms with E-state index < -0.39 is 14.9 Å². The van der Waals surface area contributed by atoms with E-state index in [1.165, 1.54) is 0 Å². The number of amides is 1. The number of nitrogens with one attached hydrogen (secondary N) is 2. The van der Waals surface area contributed by atoms with Gasteiger partial charge >= 0.3 is 0 Å². The van der Waals surface area contributed by atoms with Gasteiger partial charge in [-0.2, -0.15) is 0 Å². The van der Waals surface area contributed by atoms with E-state index in [4.69, 9.17) is 5.73 Å². The summed E-state index contributed by atoms with van der Waals surface area (Å²) >= 11 is 0. The first kappa shape index (κ1) is 17.0. The Labute approximate surface area is 121 Å². The zero-order chi connectivity index (χ0) is 15.9. The molecule has 10 heteroatoms. The molecule has 0 saturated carbocycles. The SMILES string of the molecule is NCCC(=O)NCCNS(=O)(=O)c1ccc([N+](=O)[O-])cc1. The molecule has 0 saturated heterocycles. The van der Waals surface area contributed by atoms with Gasteiger partial charge in [0.25, 0.3) is 5.69 Å². The summed E-state index contributed by atoms with van der Waals surface area (Å²) in [6, 6.07) is 4.51. The standard InChI is InChI=1S/C11H16N4O5S/c12-6-5-11(16)13-7-8-14-21(19,20)10-3-1-9(2-4-10)15(17)18/h1-4,14H,5-8,12H2,(H,13,16). The van der Waals surface area contributed by atoms with E-state index in [-0.39, 0.29) is 42.5 Å². The van der Waals surface area contributed by atoms with Crippen LogP contribution in [0.2, 0.25) is 0 Å². The lowest BCUT2D eigenvalue weighted by Gasteiger charge is -2.07. The minimum Gasteiger partial charge on any atom is -0.355 e. The van der Waals surface area contributed by atoms with Gasteiger partial charge in [-0.1, -0.05) is 0 Å². The lowest BCUT2D eigenvalue weighted by molar-refractivity contribution is -0.384. The first-order chi connectivity index (χ1) is 9.86. The Morgan fingerprint density at radius 1 is 1.24 bits per heavy atom. The summed E-state index contributed by atoms with van der Waals surface area (Å²) in [5.74, 6) is -0.257. The lowest BCUT2D eigenvalue weighted by Crippen LogP contribution is -2.35. The average molecular weight is 316 g/mol. The Morgan fingerprint density at radius 3 is 2.38 bits per heavy atom. The molecule has 0 aliphatic heterocycles. The number of hydrogen-bond acceptors (Lipinski definition) is 6. The molecule has 0 atom stereocenters. The van der Waals surface area contributed by atoms with E-state index >= 15 is 0 Å². The van der Waals surface area contributed by atoms with Gasteiger partial charge in [-0.3, -0.25) is 14.9 Å². The first-order valence-electron chi connectivity index (χ1n) is 6.07. The molecule has 0 aromatic heterocycles. The van der Waals surface area contributed by atoms with E-state index in [0.29, 0.717) is 0 Å². The molecule has 1 amide bonds. The third-order valence-electron chi connectivity index (χ3n) is 2.47. The Kier molecular flexibility index (Phi) is 6.21. The van der Waals surface area contributed by atoms with Crippen molar-refractivity contribution in [2.75, 3.05) is 19.6 Å². The van der Waals surface area contributed by atoms with Gasteiger partial charge in [0.15, 0.2) is 0 Å². The highest BCUT2D eigenvalue weighted by molar-refractivity contribution is 7.89. The van der Waals surface area contributed by atoms with Crippen LogP contribution in [0.4, 0.5) is 5.69 Å². The van der Waals surface area contributed by atoms with Crippen LogP contribution in [0.5, 0.6) is 0 Å². The molecule has 0 radical (unpaired) electrons. The molecule has 4 N–H and O–H groups in total. The smallest absolute Gasteiger partial charge is 0.269 e. The molecule has 0 fully saturated rings. The Bertz CT molecular complexity index is 600. The summed E-state index contributed by atoms with van der Waals surface area (Å²) in [6.07, 6.45) is 0.176. The molecule has 1 rings (SSSR count). The summed E-state index contributed by atoms with van der Waals surface area (Å²) in [4.78, 5) is 20.9. The highest BCUT2D eigenvalue weighted by Crippen LogP contribution is 2.15. The number of hydrogen-bond donors (Lipinski definition) is 3. The molecule has 0 heterocycles. The van der Waals surface area contributed by atoms with Gasteiger partial charge in [0.1, 0.15) is 0 Å². The van der Waals surface area contributed by atoms with Crippen LogP contribution >= 0.6 is 0 Å². The molecule has 0 bridgehead atoms. The Hall–Kier alpha value is -2.04. The van der Waals surface area contributed by atoms with Crippen molar-refractivity contribution in [2.45, 2.75) is 11.3 Å². The predicted octanol–water partition coefficient (Wildman–Crippen LogP) is -0.662. The second-order valence-corrected chi connectivity index (χ2v) is 5.80. The third-order valence-corrected chi connectivity index (χ3v) is 3.95. The number of carbonyl (C=O) groups is 1. The predicted molar refractivity (Wildman–Crippen MR) is 75.0 cm³/mol. The van der Waals surface area contributed by atoms with Crippen LogP contribution in [0, 0.1) is 10.1 Å². The van der Waals surface area contributed by atoms with E-state index in [9.17, 15) is 23.3 Å². The van der Waals surface area contributed by atoms with Crippen molar-refractivity contribution in [3.05, 3.63) is 34.4 Å². The number of benzene rings is 1. The number of nitro groups is 1. The molecule has 116 valence electrons. The molecule has 21 heavy (non-hydrogen) atoms. The van der Waals surface area contributed by atoms with Crippen molar-refractivity contribution in [2.24, 2.45) is 5.73 Å². The average Bonchev–Trinajstić information content (AvgIpc) is 2.44. The van der Waals surface area contributed by atoms with Crippen molar-refractivity contribution < 1.29 is 18.1 Å². The first-order valence-corrected chi connectivity index (χ1v) is 7.56. The second kappa shape index (κ2) is 7.67. The van der Waals surface area contributed by atoms with E-state index in [1.807, 2.05) is 0 Å². The number of carbonyl (C=O) groups excluding carboxylic acids is 1. The maximum Gasteiger partial charge on any atom is 0.269 e. The van der Waals surface area contributed by atoms with Crippen LogP contribution in [-0.4, -0.2) is 38.9 Å². The van der Waals surface area contributed by atoms with Crippen molar-refractivity contribution in [3.63, 3.8) is 0 Å². The topological polar surface area (TPSA) is 144 Å². The van der Waals surface area contributed by atoms with E-state index in [2.05, 4.69) is 10.0 Å². The van der Waals surface area contributed by atoms with E-state index in [1.54, 1.807) is 0 Å². The summed E-state index contributed by atoms with van der Waals surface area (Å²) in [7, 11) is -3.76. The fourth-order valence-electron chi connectivity index (χ4n) is 1.44. The fraction of sp³-hybridized carbons (Fsp3) is 0.364. The van der Waals surface area contributed by atoms with Gasteiger partial charge in [0, 0.05) is 38.2 Å². The Morgan fingerprint density at radius 2 is 1.86 bits per heavy atom. The van der Waals surface area contributed by atoms with Crippen LogP contribution in [0.25, 0.3) is 0 Å². The largest absolute Gasteiger partial charge is 0.355 e. The normalized spacial score (nSPS) is 11.1. The molecule has 1 aromatic rings. The minimum absolute atomic E-state index is 0.00956. The lowest BCUT2D eigenvalue weighted by atomic mass is 10.3. The molecular formula is C11H16N4O5S. The van der Waals surface area contributed by atoms with Crippen molar-refractivity contribution in [1.29, 1.82) is 0 Å². The number of nitro benzene ring substituents is 1. The molecule has 0 spiro atoms. The van der Waals surface area contributed by atoms with Gasteiger partial charge in [0.05, 0.1) is 9.82 Å². The summed E-state index contributed by atoms with van der Waals surface area (Å²) in [5.41, 5.74) is 5.00. The molecule has 9 nitrogen and oxygen atoms in total. The van der Waals surface area contributed by atoms with Gasteiger partial charge in [0.2, 0.25) is 15.9 Å².